The summed E-state index contributed by atoms with van der Waals surface area (Å²) in [5.41, 5.74) is 1.57. The molecule has 128 valence electrons. The fourth-order valence-corrected chi connectivity index (χ4v) is 4.84. The van der Waals surface area contributed by atoms with Gasteiger partial charge in [0.05, 0.1) is 6.61 Å². The zero-order valence-electron chi connectivity index (χ0n) is 14.8. The summed E-state index contributed by atoms with van der Waals surface area (Å²) in [6, 6.07) is 0. The summed E-state index contributed by atoms with van der Waals surface area (Å²) in [5.74, 6) is 3.99. The molecule has 2 heteroatoms. The Bertz CT molecular complexity index is 474. The van der Waals surface area contributed by atoms with Gasteiger partial charge in [0, 0.05) is 12.8 Å². The number of allylic oxidation sites excluding steroid dienone is 3. The molecule has 4 unspecified atom stereocenters. The summed E-state index contributed by atoms with van der Waals surface area (Å²) >= 11 is 0. The fraction of sp³-hybridized carbons (Fsp3) is 0.762. The van der Waals surface area contributed by atoms with Crippen LogP contribution in [0.1, 0.15) is 65.2 Å². The minimum absolute atomic E-state index is 0.00228. The Balaban J connectivity index is 1.28. The number of ether oxygens (including phenoxy) is 1. The molecule has 0 spiro atoms. The molecule has 0 aromatic rings. The van der Waals surface area contributed by atoms with Crippen LogP contribution in [-0.2, 0) is 9.53 Å². The molecule has 1 fully saturated rings. The van der Waals surface area contributed by atoms with Crippen molar-refractivity contribution in [3.05, 3.63) is 23.8 Å². The number of rotatable bonds is 9. The number of hydrogen-bond acceptors (Lipinski definition) is 2. The predicted molar refractivity (Wildman–Crippen MR) is 93.9 cm³/mol. The van der Waals surface area contributed by atoms with E-state index in [1.54, 1.807) is 5.57 Å². The van der Waals surface area contributed by atoms with Crippen molar-refractivity contribution in [3.8, 4) is 0 Å². The lowest BCUT2D eigenvalue weighted by atomic mass is 9.81. The topological polar surface area (TPSA) is 26.3 Å². The van der Waals surface area contributed by atoms with Gasteiger partial charge < -0.3 is 4.74 Å². The molecule has 23 heavy (non-hydrogen) atoms. The number of unbranched alkanes of at least 4 members (excludes halogenated alkanes) is 2. The summed E-state index contributed by atoms with van der Waals surface area (Å²) in [6.45, 7) is 5.09. The minimum atomic E-state index is -0.00228. The lowest BCUT2D eigenvalue weighted by Gasteiger charge is -2.23. The van der Waals surface area contributed by atoms with Gasteiger partial charge in [0.2, 0.25) is 0 Å². The van der Waals surface area contributed by atoms with Crippen molar-refractivity contribution in [3.63, 3.8) is 0 Å². The second kappa shape index (κ2) is 7.68. The summed E-state index contributed by atoms with van der Waals surface area (Å²) < 4.78 is 5.46. The minimum Gasteiger partial charge on any atom is -0.465 e. The maximum Gasteiger partial charge on any atom is 0.305 e. The molecular formula is C21H32O2. The van der Waals surface area contributed by atoms with E-state index in [2.05, 4.69) is 32.1 Å². The van der Waals surface area contributed by atoms with Gasteiger partial charge in [-0.1, -0.05) is 56.9 Å². The van der Waals surface area contributed by atoms with E-state index < -0.39 is 0 Å². The molecule has 3 rings (SSSR count). The van der Waals surface area contributed by atoms with Crippen LogP contribution in [0.4, 0.5) is 0 Å². The van der Waals surface area contributed by atoms with Gasteiger partial charge in [-0.3, -0.25) is 4.79 Å². The maximum absolute atomic E-state index is 11.8. The Morgan fingerprint density at radius 1 is 1.22 bits per heavy atom. The van der Waals surface area contributed by atoms with Crippen molar-refractivity contribution in [2.24, 2.45) is 29.6 Å². The van der Waals surface area contributed by atoms with Crippen LogP contribution in [0.3, 0.4) is 0 Å². The first-order valence-electron chi connectivity index (χ1n) is 9.68. The number of esters is 1. The van der Waals surface area contributed by atoms with Gasteiger partial charge in [-0.2, -0.15) is 0 Å². The molecule has 3 aliphatic carbocycles. The van der Waals surface area contributed by atoms with Gasteiger partial charge in [0.15, 0.2) is 0 Å². The third-order valence-electron chi connectivity index (χ3n) is 6.02. The molecular weight excluding hydrogens is 284 g/mol. The second-order valence-corrected chi connectivity index (χ2v) is 8.12. The van der Waals surface area contributed by atoms with Crippen LogP contribution >= 0.6 is 0 Å². The standard InChI is InChI=1S/C21H32O2/c1-15(2)6-4-3-5-7-20(22)23-13-12-16-10-11-19-17-8-9-18(14-17)21(16)19/h8-10,15,17-19,21H,3-7,11-14H2,1-2H3. The van der Waals surface area contributed by atoms with Gasteiger partial charge in [0.1, 0.15) is 0 Å². The highest BCUT2D eigenvalue weighted by Gasteiger charge is 2.47. The van der Waals surface area contributed by atoms with Gasteiger partial charge in [-0.25, -0.2) is 0 Å². The van der Waals surface area contributed by atoms with Crippen LogP contribution in [0.5, 0.6) is 0 Å². The zero-order valence-corrected chi connectivity index (χ0v) is 14.8. The molecule has 0 heterocycles. The molecule has 0 amide bonds. The highest BCUT2D eigenvalue weighted by molar-refractivity contribution is 5.69. The molecule has 0 saturated heterocycles. The van der Waals surface area contributed by atoms with E-state index in [1.165, 1.54) is 25.7 Å². The molecule has 0 aromatic heterocycles. The molecule has 0 aliphatic heterocycles. The van der Waals surface area contributed by atoms with E-state index in [1.807, 2.05) is 0 Å². The van der Waals surface area contributed by atoms with Crippen LogP contribution < -0.4 is 0 Å². The zero-order chi connectivity index (χ0) is 16.2. The Labute approximate surface area is 141 Å². The molecule has 0 radical (unpaired) electrons. The summed E-state index contributed by atoms with van der Waals surface area (Å²) in [4.78, 5) is 11.8. The van der Waals surface area contributed by atoms with Crippen molar-refractivity contribution >= 4 is 5.97 Å². The van der Waals surface area contributed by atoms with Gasteiger partial charge in [0.25, 0.3) is 0 Å². The molecule has 4 atom stereocenters. The van der Waals surface area contributed by atoms with Crippen LogP contribution in [0, 0.1) is 29.6 Å². The van der Waals surface area contributed by atoms with E-state index in [0.717, 1.165) is 48.9 Å². The highest BCUT2D eigenvalue weighted by atomic mass is 16.5. The number of fused-ring (bicyclic) bond motifs is 5. The highest BCUT2D eigenvalue weighted by Crippen LogP contribution is 2.56. The number of carbonyl (C=O) groups is 1. The first kappa shape index (κ1) is 16.8. The quantitative estimate of drug-likeness (QED) is 0.328. The van der Waals surface area contributed by atoms with Gasteiger partial charge in [-0.05, 0) is 48.9 Å². The summed E-state index contributed by atoms with van der Waals surface area (Å²) in [7, 11) is 0. The number of carbonyl (C=O) groups excluding carboxylic acids is 1. The maximum atomic E-state index is 11.8. The third kappa shape index (κ3) is 4.08. The van der Waals surface area contributed by atoms with E-state index in [-0.39, 0.29) is 5.97 Å². The van der Waals surface area contributed by atoms with E-state index in [0.29, 0.717) is 13.0 Å². The van der Waals surface area contributed by atoms with Crippen LogP contribution in [-0.4, -0.2) is 12.6 Å². The van der Waals surface area contributed by atoms with Crippen LogP contribution in [0.25, 0.3) is 0 Å². The van der Waals surface area contributed by atoms with Crippen molar-refractivity contribution in [1.82, 2.24) is 0 Å². The Morgan fingerprint density at radius 2 is 2.04 bits per heavy atom. The monoisotopic (exact) mass is 316 g/mol. The Hall–Kier alpha value is -1.05. The average molecular weight is 316 g/mol. The molecule has 1 saturated carbocycles. The van der Waals surface area contributed by atoms with Crippen molar-refractivity contribution in [2.75, 3.05) is 6.61 Å². The number of hydrogen-bond donors (Lipinski definition) is 0. The second-order valence-electron chi connectivity index (χ2n) is 8.12. The molecule has 0 N–H and O–H groups in total. The first-order chi connectivity index (χ1) is 11.1. The Morgan fingerprint density at radius 3 is 2.87 bits per heavy atom. The molecule has 3 aliphatic rings. The van der Waals surface area contributed by atoms with Gasteiger partial charge in [-0.15, -0.1) is 0 Å². The average Bonchev–Trinajstić information content (AvgIpc) is 3.19. The summed E-state index contributed by atoms with van der Waals surface area (Å²) in [6.07, 6.45) is 16.1. The molecule has 2 nitrogen and oxygen atoms in total. The smallest absolute Gasteiger partial charge is 0.305 e. The van der Waals surface area contributed by atoms with Crippen molar-refractivity contribution in [2.45, 2.75) is 65.2 Å². The SMILES string of the molecule is CC(C)CCCCCC(=O)OCCC1=CCC2C3C=CC(C3)C12. The Kier molecular flexibility index (Phi) is 5.61. The first-order valence-corrected chi connectivity index (χ1v) is 9.68. The van der Waals surface area contributed by atoms with Crippen molar-refractivity contribution < 1.29 is 9.53 Å². The van der Waals surface area contributed by atoms with Gasteiger partial charge >= 0.3 is 5.97 Å². The normalized spacial score (nSPS) is 30.8. The van der Waals surface area contributed by atoms with E-state index >= 15 is 0 Å². The fourth-order valence-electron chi connectivity index (χ4n) is 4.84. The third-order valence-corrected chi connectivity index (χ3v) is 6.02. The molecule has 0 aromatic carbocycles. The summed E-state index contributed by atoms with van der Waals surface area (Å²) in [5, 5.41) is 0. The van der Waals surface area contributed by atoms with E-state index in [9.17, 15) is 4.79 Å². The largest absolute Gasteiger partial charge is 0.465 e. The van der Waals surface area contributed by atoms with Crippen LogP contribution in [0.15, 0.2) is 23.8 Å². The van der Waals surface area contributed by atoms with Crippen molar-refractivity contribution in [1.29, 1.82) is 0 Å². The van der Waals surface area contributed by atoms with Crippen LogP contribution in [0.2, 0.25) is 0 Å². The lowest BCUT2D eigenvalue weighted by Crippen LogP contribution is -2.17. The predicted octanol–water partition coefficient (Wildman–Crippen LogP) is 5.29. The lowest BCUT2D eigenvalue weighted by molar-refractivity contribution is -0.143. The van der Waals surface area contributed by atoms with E-state index in [4.69, 9.17) is 4.74 Å². The molecule has 2 bridgehead atoms.